The van der Waals surface area contributed by atoms with Gasteiger partial charge in [-0.3, -0.25) is 15.0 Å². The molecule has 2 aromatic rings. The van der Waals surface area contributed by atoms with Gasteiger partial charge in [-0.05, 0) is 31.5 Å². The Hall–Kier alpha value is -2.24. The molecular formula is C21H29N3O2. The molecule has 3 rings (SSSR count). The highest BCUT2D eigenvalue weighted by molar-refractivity contribution is 5.39. The van der Waals surface area contributed by atoms with Crippen molar-refractivity contribution in [2.45, 2.75) is 45.8 Å². The average molecular weight is 355 g/mol. The van der Waals surface area contributed by atoms with Crippen LogP contribution in [0.15, 0.2) is 54.6 Å². The molecule has 1 aliphatic heterocycles. The number of likely N-dealkylation sites (tertiary alicyclic amines) is 1. The summed E-state index contributed by atoms with van der Waals surface area (Å²) < 4.78 is 0. The van der Waals surface area contributed by atoms with E-state index in [4.69, 9.17) is 0 Å². The molecule has 0 spiro atoms. The summed E-state index contributed by atoms with van der Waals surface area (Å²) in [6, 6.07) is 17.9. The van der Waals surface area contributed by atoms with Crippen molar-refractivity contribution in [3.63, 3.8) is 0 Å². The molecule has 0 atom stereocenters. The first kappa shape index (κ1) is 20.1. The molecule has 1 fully saturated rings. The van der Waals surface area contributed by atoms with Crippen LogP contribution in [0.3, 0.4) is 0 Å². The third-order valence-electron chi connectivity index (χ3n) is 4.61. The number of benzene rings is 2. The van der Waals surface area contributed by atoms with E-state index in [0.29, 0.717) is 12.6 Å². The first-order chi connectivity index (χ1) is 12.7. The lowest BCUT2D eigenvalue weighted by Crippen LogP contribution is -2.41. The third kappa shape index (κ3) is 5.93. The summed E-state index contributed by atoms with van der Waals surface area (Å²) in [5.41, 5.74) is 2.31. The molecule has 0 saturated carbocycles. The molecule has 0 aromatic heterocycles. The molecule has 140 valence electrons. The first-order valence-corrected chi connectivity index (χ1v) is 9.44. The van der Waals surface area contributed by atoms with Crippen molar-refractivity contribution < 1.29 is 4.92 Å². The maximum atomic E-state index is 11.1. The van der Waals surface area contributed by atoms with Crippen LogP contribution in [0, 0.1) is 10.1 Å². The van der Waals surface area contributed by atoms with Gasteiger partial charge in [0.1, 0.15) is 0 Å². The second-order valence-electron chi connectivity index (χ2n) is 6.30. The lowest BCUT2D eigenvalue weighted by molar-refractivity contribution is -0.385. The Morgan fingerprint density at radius 3 is 2.31 bits per heavy atom. The topological polar surface area (TPSA) is 58.4 Å². The molecule has 0 aliphatic carbocycles. The highest BCUT2D eigenvalue weighted by atomic mass is 16.6. The van der Waals surface area contributed by atoms with E-state index in [2.05, 4.69) is 34.5 Å². The van der Waals surface area contributed by atoms with Crippen molar-refractivity contribution >= 4 is 5.69 Å². The largest absolute Gasteiger partial charge is 0.310 e. The summed E-state index contributed by atoms with van der Waals surface area (Å²) in [7, 11) is 0. The number of hydrogen-bond donors (Lipinski definition) is 1. The summed E-state index contributed by atoms with van der Waals surface area (Å²) in [6.07, 6.45) is 2.15. The number of nitro benzene ring substituents is 1. The van der Waals surface area contributed by atoms with Gasteiger partial charge in [-0.2, -0.15) is 0 Å². The van der Waals surface area contributed by atoms with Gasteiger partial charge in [0.15, 0.2) is 0 Å². The van der Waals surface area contributed by atoms with Gasteiger partial charge in [-0.25, -0.2) is 0 Å². The molecule has 0 unspecified atom stereocenters. The number of nitro groups is 1. The Balaban J connectivity index is 0.00000117. The van der Waals surface area contributed by atoms with Gasteiger partial charge in [0.05, 0.1) is 4.92 Å². The van der Waals surface area contributed by atoms with Gasteiger partial charge in [-0.1, -0.05) is 62.4 Å². The Kier molecular flexibility index (Phi) is 8.25. The Morgan fingerprint density at radius 1 is 1.04 bits per heavy atom. The van der Waals surface area contributed by atoms with E-state index in [1.54, 1.807) is 12.1 Å². The van der Waals surface area contributed by atoms with E-state index < -0.39 is 0 Å². The van der Waals surface area contributed by atoms with Gasteiger partial charge in [0, 0.05) is 30.8 Å². The highest BCUT2D eigenvalue weighted by Gasteiger charge is 2.20. The van der Waals surface area contributed by atoms with Crippen LogP contribution in [0.2, 0.25) is 0 Å². The van der Waals surface area contributed by atoms with Crippen molar-refractivity contribution in [2.24, 2.45) is 0 Å². The molecule has 1 saturated heterocycles. The maximum Gasteiger partial charge on any atom is 0.273 e. The fourth-order valence-corrected chi connectivity index (χ4v) is 3.23. The van der Waals surface area contributed by atoms with E-state index >= 15 is 0 Å². The van der Waals surface area contributed by atoms with E-state index in [0.717, 1.165) is 38.0 Å². The van der Waals surface area contributed by atoms with Crippen LogP contribution in [-0.4, -0.2) is 29.0 Å². The van der Waals surface area contributed by atoms with Crippen LogP contribution < -0.4 is 5.32 Å². The quantitative estimate of drug-likeness (QED) is 0.617. The van der Waals surface area contributed by atoms with Crippen molar-refractivity contribution in [1.29, 1.82) is 0 Å². The summed E-state index contributed by atoms with van der Waals surface area (Å²) >= 11 is 0. The molecule has 2 aromatic carbocycles. The van der Waals surface area contributed by atoms with Crippen LogP contribution in [0.25, 0.3) is 0 Å². The number of hydrogen-bond acceptors (Lipinski definition) is 4. The smallest absolute Gasteiger partial charge is 0.273 e. The molecule has 0 bridgehead atoms. The van der Waals surface area contributed by atoms with E-state index in [1.807, 2.05) is 32.0 Å². The second kappa shape index (κ2) is 10.7. The zero-order chi connectivity index (χ0) is 18.8. The van der Waals surface area contributed by atoms with Crippen LogP contribution in [0.1, 0.15) is 37.8 Å². The molecule has 0 radical (unpaired) electrons. The second-order valence-corrected chi connectivity index (χ2v) is 6.30. The van der Waals surface area contributed by atoms with Gasteiger partial charge < -0.3 is 5.32 Å². The van der Waals surface area contributed by atoms with Crippen molar-refractivity contribution in [3.8, 4) is 0 Å². The highest BCUT2D eigenvalue weighted by Crippen LogP contribution is 2.19. The number of piperidine rings is 1. The molecular weight excluding hydrogens is 326 g/mol. The summed E-state index contributed by atoms with van der Waals surface area (Å²) in [4.78, 5) is 13.2. The number of nitrogens with zero attached hydrogens (tertiary/aromatic N) is 2. The zero-order valence-electron chi connectivity index (χ0n) is 15.7. The minimum absolute atomic E-state index is 0.200. The van der Waals surface area contributed by atoms with Gasteiger partial charge in [0.2, 0.25) is 0 Å². The lowest BCUT2D eigenvalue weighted by atomic mass is 10.0. The summed E-state index contributed by atoms with van der Waals surface area (Å²) in [6.45, 7) is 7.67. The van der Waals surface area contributed by atoms with Gasteiger partial charge >= 0.3 is 0 Å². The predicted molar refractivity (Wildman–Crippen MR) is 106 cm³/mol. The van der Waals surface area contributed by atoms with Crippen LogP contribution in [0.4, 0.5) is 5.69 Å². The lowest BCUT2D eigenvalue weighted by Gasteiger charge is -2.32. The monoisotopic (exact) mass is 355 g/mol. The SMILES string of the molecule is CC.O=[N+]([O-])c1ccccc1CNC1CCN(Cc2ccccc2)CC1. The molecule has 1 N–H and O–H groups in total. The van der Waals surface area contributed by atoms with Crippen LogP contribution in [0.5, 0.6) is 0 Å². The Labute approximate surface area is 156 Å². The molecule has 26 heavy (non-hydrogen) atoms. The number of para-hydroxylation sites is 1. The predicted octanol–water partition coefficient (Wildman–Crippen LogP) is 4.38. The van der Waals surface area contributed by atoms with E-state index in [1.165, 1.54) is 5.56 Å². The maximum absolute atomic E-state index is 11.1. The van der Waals surface area contributed by atoms with E-state index in [-0.39, 0.29) is 10.6 Å². The number of nitrogens with one attached hydrogen (secondary N) is 1. The molecule has 1 aliphatic rings. The fourth-order valence-electron chi connectivity index (χ4n) is 3.23. The molecule has 5 heteroatoms. The van der Waals surface area contributed by atoms with Crippen molar-refractivity contribution in [3.05, 3.63) is 75.8 Å². The first-order valence-electron chi connectivity index (χ1n) is 9.44. The van der Waals surface area contributed by atoms with Crippen LogP contribution in [-0.2, 0) is 13.1 Å². The average Bonchev–Trinajstić information content (AvgIpc) is 2.70. The normalized spacial score (nSPS) is 15.2. The molecule has 0 amide bonds. The van der Waals surface area contributed by atoms with Crippen molar-refractivity contribution in [2.75, 3.05) is 13.1 Å². The molecule has 5 nitrogen and oxygen atoms in total. The number of rotatable bonds is 6. The zero-order valence-corrected chi connectivity index (χ0v) is 15.7. The van der Waals surface area contributed by atoms with Gasteiger partial charge in [-0.15, -0.1) is 0 Å². The standard InChI is InChI=1S/C19H23N3O2.C2H6/c23-22(24)19-9-5-4-8-17(19)14-20-18-10-12-21(13-11-18)15-16-6-2-1-3-7-16;1-2/h1-9,18,20H,10-15H2;1-2H3. The Bertz CT molecular complexity index is 668. The third-order valence-corrected chi connectivity index (χ3v) is 4.61. The fraction of sp³-hybridized carbons (Fsp3) is 0.429. The summed E-state index contributed by atoms with van der Waals surface area (Å²) in [5, 5.41) is 14.5. The minimum atomic E-state index is -0.306. The van der Waals surface area contributed by atoms with Gasteiger partial charge in [0.25, 0.3) is 5.69 Å². The summed E-state index contributed by atoms with van der Waals surface area (Å²) in [5.74, 6) is 0. The Morgan fingerprint density at radius 2 is 1.65 bits per heavy atom. The van der Waals surface area contributed by atoms with Crippen LogP contribution >= 0.6 is 0 Å². The van der Waals surface area contributed by atoms with Crippen molar-refractivity contribution in [1.82, 2.24) is 10.2 Å². The van der Waals surface area contributed by atoms with E-state index in [9.17, 15) is 10.1 Å². The minimum Gasteiger partial charge on any atom is -0.310 e. The molecule has 1 heterocycles.